The smallest absolute Gasteiger partial charge is 0.423 e. The van der Waals surface area contributed by atoms with Gasteiger partial charge in [0.05, 0.1) is 17.6 Å². The number of aryl methyl sites for hydroxylation is 2. The Morgan fingerprint density at radius 1 is 1.09 bits per heavy atom. The Morgan fingerprint density at radius 3 is 2.66 bits per heavy atom. The van der Waals surface area contributed by atoms with E-state index in [0.717, 1.165) is 16.8 Å². The number of nitrogens with zero attached hydrogens (tertiary/aromatic N) is 4. The number of guanidine groups is 1. The summed E-state index contributed by atoms with van der Waals surface area (Å²) in [5.41, 5.74) is 6.84. The topological polar surface area (TPSA) is 99.5 Å². The molecule has 2 aromatic carbocycles. The maximum Gasteiger partial charge on any atom is 0.482 e. The number of hydrogen-bond donors (Lipinski definition) is 3. The number of quaternary nitrogens is 1. The fourth-order valence-electron chi connectivity index (χ4n) is 3.59. The van der Waals surface area contributed by atoms with Crippen LogP contribution in [0, 0.1) is 13.8 Å². The van der Waals surface area contributed by atoms with Crippen molar-refractivity contribution in [1.82, 2.24) is 0 Å². The highest BCUT2D eigenvalue weighted by molar-refractivity contribution is 6.31. The molecule has 0 saturated carbocycles. The lowest BCUT2D eigenvalue weighted by molar-refractivity contribution is -0.766. The van der Waals surface area contributed by atoms with E-state index >= 15 is 0 Å². The molecule has 0 radical (unpaired) electrons. The molecule has 1 unspecified atom stereocenters. The average Bonchev–Trinajstić information content (AvgIpc) is 3.05. The summed E-state index contributed by atoms with van der Waals surface area (Å²) in [4.78, 5) is 20.2. The van der Waals surface area contributed by atoms with E-state index in [0.29, 0.717) is 17.5 Å². The zero-order valence-electron chi connectivity index (χ0n) is 17.1. The Morgan fingerprint density at radius 2 is 1.88 bits per heavy atom. The van der Waals surface area contributed by atoms with Crippen LogP contribution in [0.25, 0.3) is 0 Å². The third-order valence-electron chi connectivity index (χ3n) is 4.89. The second-order valence-electron chi connectivity index (χ2n) is 7.55. The van der Waals surface area contributed by atoms with E-state index in [1.54, 1.807) is 24.7 Å². The fourth-order valence-corrected chi connectivity index (χ4v) is 3.59. The molecule has 3 aliphatic heterocycles. The number of rotatable bonds is 3. The van der Waals surface area contributed by atoms with Crippen LogP contribution in [0.15, 0.2) is 63.9 Å². The number of benzene rings is 2. The first kappa shape index (κ1) is 19.8. The number of anilines is 3. The van der Waals surface area contributed by atoms with Crippen molar-refractivity contribution in [3.8, 4) is 5.75 Å². The van der Waals surface area contributed by atoms with Crippen molar-refractivity contribution >= 4 is 41.0 Å². The summed E-state index contributed by atoms with van der Waals surface area (Å²) in [6.07, 6.45) is 0.900. The summed E-state index contributed by atoms with van der Waals surface area (Å²) >= 11 is 0. The molecule has 0 bridgehead atoms. The Kier molecular flexibility index (Phi) is 4.31. The Bertz CT molecular complexity index is 1250. The average molecular weight is 438 g/mol. The van der Waals surface area contributed by atoms with Crippen molar-refractivity contribution in [1.29, 1.82) is 0 Å². The van der Waals surface area contributed by atoms with E-state index in [2.05, 4.69) is 41.9 Å². The van der Waals surface area contributed by atoms with Gasteiger partial charge in [-0.3, -0.25) is 9.79 Å². The van der Waals surface area contributed by atoms with Crippen molar-refractivity contribution < 1.29 is 23.0 Å². The van der Waals surface area contributed by atoms with Crippen LogP contribution < -0.4 is 20.8 Å². The normalized spacial score (nSPS) is 22.2. The molecule has 32 heavy (non-hydrogen) atoms. The van der Waals surface area contributed by atoms with Gasteiger partial charge in [-0.15, -0.1) is 4.99 Å². The fraction of sp³-hybridized carbons (Fsp3) is 0.143. The number of halogens is 2. The first-order valence-corrected chi connectivity index (χ1v) is 9.68. The molecule has 0 aliphatic carbocycles. The first-order chi connectivity index (χ1) is 15.2. The maximum atomic E-state index is 13.5. The number of hydrogen-bond acceptors (Lipinski definition) is 7. The number of ether oxygens (including phenoxy) is 1. The molecule has 5 rings (SSSR count). The van der Waals surface area contributed by atoms with Crippen LogP contribution in [0.1, 0.15) is 11.1 Å². The predicted octanol–water partition coefficient (Wildman–Crippen LogP) is 3.72. The lowest BCUT2D eigenvalue weighted by Crippen LogP contribution is -2.48. The Hall–Kier alpha value is -4.12. The molecule has 1 atom stereocenters. The number of alkyl halides is 2. The van der Waals surface area contributed by atoms with Gasteiger partial charge in [0.2, 0.25) is 0 Å². The zero-order valence-corrected chi connectivity index (χ0v) is 17.1. The predicted molar refractivity (Wildman–Crippen MR) is 117 cm³/mol. The summed E-state index contributed by atoms with van der Waals surface area (Å²) < 4.78 is 31.2. The summed E-state index contributed by atoms with van der Waals surface area (Å²) in [5.74, 6) is -0.805. The highest BCUT2D eigenvalue weighted by atomic mass is 19.3. The molecule has 0 fully saturated rings. The van der Waals surface area contributed by atoms with Gasteiger partial charge in [0.25, 0.3) is 5.96 Å². The molecule has 1 amide bonds. The number of carbonyl (C=O) groups is 1. The third-order valence-corrected chi connectivity index (χ3v) is 4.89. The monoisotopic (exact) mass is 438 g/mol. The van der Waals surface area contributed by atoms with Gasteiger partial charge >= 0.3 is 17.9 Å². The molecular formula is C21H18F2N7O2+. The van der Waals surface area contributed by atoms with Crippen LogP contribution in [0.4, 0.5) is 25.8 Å². The van der Waals surface area contributed by atoms with Crippen molar-refractivity contribution in [2.45, 2.75) is 20.0 Å². The van der Waals surface area contributed by atoms with E-state index in [-0.39, 0.29) is 16.1 Å². The van der Waals surface area contributed by atoms with Gasteiger partial charge < -0.3 is 15.4 Å². The number of fused-ring (bicyclic) bond motifs is 2. The number of amides is 1. The van der Waals surface area contributed by atoms with Gasteiger partial charge in [-0.1, -0.05) is 6.07 Å². The second kappa shape index (κ2) is 6.95. The summed E-state index contributed by atoms with van der Waals surface area (Å²) in [7, 11) is 0. The van der Waals surface area contributed by atoms with Crippen molar-refractivity contribution in [3.05, 3.63) is 59.9 Å². The lowest BCUT2D eigenvalue weighted by atomic mass is 10.1. The summed E-state index contributed by atoms with van der Waals surface area (Å²) in [6.45, 7) is 4.01. The van der Waals surface area contributed by atoms with Gasteiger partial charge in [0.1, 0.15) is 6.21 Å². The SMILES string of the molecule is Cc1cc(C)cc(NC2=N[N+]3(Nc4ccc5c(c4)NC(=O)C(F)(F)O5)C=CN=CC3=N2)c1. The van der Waals surface area contributed by atoms with Crippen LogP contribution in [0.2, 0.25) is 0 Å². The zero-order chi connectivity index (χ0) is 22.5. The molecule has 0 spiro atoms. The largest absolute Gasteiger partial charge is 0.482 e. The standard InChI is InChI=1S/C21H17F2N7O2/c1-12-7-13(2)9-15(8-12)25-20-27-18-11-24-5-6-30(18,29-20)28-14-3-4-17-16(10-14)26-19(31)21(22,23)32-17/h3-11,28H,1-2H3,(H-,25,26,29,31)/p+1. The Balaban J connectivity index is 1.44. The van der Waals surface area contributed by atoms with E-state index in [1.807, 2.05) is 26.0 Å². The first-order valence-electron chi connectivity index (χ1n) is 9.68. The molecule has 0 aromatic heterocycles. The molecule has 3 N–H and O–H groups in total. The Labute approximate surface area is 181 Å². The molecular weight excluding hydrogens is 420 g/mol. The minimum absolute atomic E-state index is 0.119. The van der Waals surface area contributed by atoms with Crippen molar-refractivity contribution in [2.24, 2.45) is 15.1 Å². The molecule has 162 valence electrons. The number of carbonyl (C=O) groups excluding carboxylic acids is 1. The van der Waals surface area contributed by atoms with Crippen LogP contribution in [0.5, 0.6) is 5.75 Å². The van der Waals surface area contributed by atoms with Gasteiger partial charge in [-0.2, -0.15) is 14.2 Å². The number of amidine groups is 1. The summed E-state index contributed by atoms with van der Waals surface area (Å²) in [5, 5.41) is 10.0. The molecule has 9 nitrogen and oxygen atoms in total. The van der Waals surface area contributed by atoms with Crippen LogP contribution in [-0.2, 0) is 4.79 Å². The number of aliphatic imine (C=N–C) groups is 2. The van der Waals surface area contributed by atoms with E-state index < -0.39 is 12.0 Å². The van der Waals surface area contributed by atoms with Crippen LogP contribution in [0.3, 0.4) is 0 Å². The van der Waals surface area contributed by atoms with Gasteiger partial charge in [-0.05, 0) is 65.1 Å². The van der Waals surface area contributed by atoms with E-state index in [1.165, 1.54) is 12.1 Å². The molecule has 0 saturated heterocycles. The second-order valence-corrected chi connectivity index (χ2v) is 7.55. The highest BCUT2D eigenvalue weighted by Gasteiger charge is 2.47. The maximum absolute atomic E-state index is 13.5. The lowest BCUT2D eigenvalue weighted by Gasteiger charge is -2.27. The minimum atomic E-state index is -3.91. The minimum Gasteiger partial charge on any atom is -0.423 e. The molecule has 2 aromatic rings. The molecule has 11 heteroatoms. The quantitative estimate of drug-likeness (QED) is 0.636. The van der Waals surface area contributed by atoms with E-state index in [4.69, 9.17) is 0 Å². The number of nitrogens with one attached hydrogen (secondary N) is 3. The van der Waals surface area contributed by atoms with Gasteiger partial charge in [0, 0.05) is 5.69 Å². The van der Waals surface area contributed by atoms with Crippen molar-refractivity contribution in [2.75, 3.05) is 16.1 Å². The van der Waals surface area contributed by atoms with Gasteiger partial charge in [0.15, 0.2) is 11.9 Å². The molecule has 3 heterocycles. The highest BCUT2D eigenvalue weighted by Crippen LogP contribution is 2.37. The van der Waals surface area contributed by atoms with Crippen LogP contribution in [-0.4, -0.2) is 34.7 Å². The third kappa shape index (κ3) is 3.48. The van der Waals surface area contributed by atoms with Crippen molar-refractivity contribution in [3.63, 3.8) is 0 Å². The summed E-state index contributed by atoms with van der Waals surface area (Å²) in [6, 6.07) is 10.4. The van der Waals surface area contributed by atoms with E-state index in [9.17, 15) is 13.6 Å². The molecule has 3 aliphatic rings. The van der Waals surface area contributed by atoms with Crippen LogP contribution >= 0.6 is 0 Å². The van der Waals surface area contributed by atoms with Gasteiger partial charge in [-0.25, -0.2) is 0 Å².